The lowest BCUT2D eigenvalue weighted by Crippen LogP contribution is -2.14. The highest BCUT2D eigenvalue weighted by Crippen LogP contribution is 2.26. The number of amides is 1. The predicted octanol–water partition coefficient (Wildman–Crippen LogP) is 4.34. The van der Waals surface area contributed by atoms with Crippen LogP contribution in [0.15, 0.2) is 28.8 Å². The number of nitrogens with zero attached hydrogens (tertiary/aromatic N) is 4. The van der Waals surface area contributed by atoms with Crippen LogP contribution in [0, 0.1) is 6.92 Å². The Hall–Kier alpha value is -2.96. The number of fused-ring (bicyclic) bond motifs is 1. The highest BCUT2D eigenvalue weighted by molar-refractivity contribution is 6.05. The molecule has 0 aliphatic carbocycles. The van der Waals surface area contributed by atoms with Crippen molar-refractivity contribution in [3.05, 3.63) is 47.1 Å². The SMILES string of the molecule is Cc1noc(C(C)C)c1C(=O)Nc1ccc(-c2nnc3n2CCCCC3)cc1. The van der Waals surface area contributed by atoms with E-state index in [9.17, 15) is 4.79 Å². The Bertz CT molecular complexity index is 985. The second-order valence-corrected chi connectivity index (χ2v) is 7.60. The van der Waals surface area contributed by atoms with Crippen LogP contribution in [0.5, 0.6) is 0 Å². The van der Waals surface area contributed by atoms with Crippen molar-refractivity contribution in [2.45, 2.75) is 58.9 Å². The minimum Gasteiger partial charge on any atom is -0.360 e. The van der Waals surface area contributed by atoms with Crippen molar-refractivity contribution in [2.24, 2.45) is 0 Å². The molecule has 4 rings (SSSR count). The summed E-state index contributed by atoms with van der Waals surface area (Å²) in [6.45, 7) is 6.70. The lowest BCUT2D eigenvalue weighted by molar-refractivity contribution is 0.102. The van der Waals surface area contributed by atoms with Crippen LogP contribution in [0.25, 0.3) is 11.4 Å². The molecule has 1 aliphatic rings. The van der Waals surface area contributed by atoms with Crippen molar-refractivity contribution in [3.63, 3.8) is 0 Å². The van der Waals surface area contributed by atoms with Gasteiger partial charge in [-0.15, -0.1) is 10.2 Å². The van der Waals surface area contributed by atoms with Crippen LogP contribution in [0.3, 0.4) is 0 Å². The third-order valence-electron chi connectivity index (χ3n) is 5.15. The molecule has 3 aromatic rings. The minimum atomic E-state index is -0.202. The number of anilines is 1. The molecule has 1 aliphatic heterocycles. The van der Waals surface area contributed by atoms with Gasteiger partial charge in [-0.05, 0) is 44.0 Å². The summed E-state index contributed by atoms with van der Waals surface area (Å²) < 4.78 is 7.54. The van der Waals surface area contributed by atoms with Gasteiger partial charge in [0.2, 0.25) is 0 Å². The largest absolute Gasteiger partial charge is 0.360 e. The van der Waals surface area contributed by atoms with Gasteiger partial charge in [-0.2, -0.15) is 0 Å². The van der Waals surface area contributed by atoms with Crippen molar-refractivity contribution in [1.29, 1.82) is 0 Å². The second kappa shape index (κ2) is 7.58. The second-order valence-electron chi connectivity index (χ2n) is 7.60. The number of carbonyl (C=O) groups excluding carboxylic acids is 1. The number of nitrogens with one attached hydrogen (secondary N) is 1. The molecule has 3 heterocycles. The van der Waals surface area contributed by atoms with Gasteiger partial charge in [-0.25, -0.2) is 0 Å². The molecule has 0 saturated heterocycles. The lowest BCUT2D eigenvalue weighted by atomic mass is 10.0. The van der Waals surface area contributed by atoms with Crippen LogP contribution in [0.1, 0.15) is 66.7 Å². The standard InChI is InChI=1S/C21H25N5O2/c1-13(2)19-18(14(3)25-28-19)21(27)22-16-10-8-15(9-11-16)20-24-23-17-7-5-4-6-12-26(17)20/h8-11,13H,4-7,12H2,1-3H3,(H,22,27). The molecule has 0 radical (unpaired) electrons. The summed E-state index contributed by atoms with van der Waals surface area (Å²) in [6.07, 6.45) is 4.54. The minimum absolute atomic E-state index is 0.0903. The van der Waals surface area contributed by atoms with Gasteiger partial charge < -0.3 is 14.4 Å². The van der Waals surface area contributed by atoms with Crippen LogP contribution in [-0.4, -0.2) is 25.8 Å². The molecule has 0 saturated carbocycles. The van der Waals surface area contributed by atoms with E-state index in [2.05, 4.69) is 25.2 Å². The maximum absolute atomic E-state index is 12.7. The topological polar surface area (TPSA) is 85.8 Å². The molecule has 7 heteroatoms. The van der Waals surface area contributed by atoms with E-state index in [1.54, 1.807) is 6.92 Å². The highest BCUT2D eigenvalue weighted by Gasteiger charge is 2.23. The first-order valence-electron chi connectivity index (χ1n) is 9.84. The fourth-order valence-electron chi connectivity index (χ4n) is 3.65. The zero-order valence-corrected chi connectivity index (χ0v) is 16.5. The summed E-state index contributed by atoms with van der Waals surface area (Å²) >= 11 is 0. The third kappa shape index (κ3) is 3.44. The zero-order chi connectivity index (χ0) is 19.7. The van der Waals surface area contributed by atoms with E-state index in [1.165, 1.54) is 12.8 Å². The average Bonchev–Trinajstić information content (AvgIpc) is 3.18. The van der Waals surface area contributed by atoms with Crippen LogP contribution in [0.2, 0.25) is 0 Å². The van der Waals surface area contributed by atoms with Crippen molar-refractivity contribution in [1.82, 2.24) is 19.9 Å². The van der Waals surface area contributed by atoms with E-state index in [4.69, 9.17) is 4.52 Å². The molecule has 0 spiro atoms. The van der Waals surface area contributed by atoms with Crippen LogP contribution in [0.4, 0.5) is 5.69 Å². The summed E-state index contributed by atoms with van der Waals surface area (Å²) in [7, 11) is 0. The van der Waals surface area contributed by atoms with E-state index in [0.29, 0.717) is 17.0 Å². The number of hydrogen-bond acceptors (Lipinski definition) is 5. The Morgan fingerprint density at radius 3 is 2.68 bits per heavy atom. The Labute approximate surface area is 164 Å². The fourth-order valence-corrected chi connectivity index (χ4v) is 3.65. The van der Waals surface area contributed by atoms with Gasteiger partial charge in [0.05, 0.1) is 5.69 Å². The summed E-state index contributed by atoms with van der Waals surface area (Å²) in [4.78, 5) is 12.7. The molecular weight excluding hydrogens is 354 g/mol. The number of aryl methyl sites for hydroxylation is 2. The van der Waals surface area contributed by atoms with Gasteiger partial charge in [-0.3, -0.25) is 4.79 Å². The number of hydrogen-bond donors (Lipinski definition) is 1. The summed E-state index contributed by atoms with van der Waals surface area (Å²) in [5.41, 5.74) is 2.84. The molecule has 0 bridgehead atoms. The summed E-state index contributed by atoms with van der Waals surface area (Å²) in [6, 6.07) is 7.73. The van der Waals surface area contributed by atoms with Gasteiger partial charge in [0.15, 0.2) is 11.6 Å². The number of aromatic nitrogens is 4. The van der Waals surface area contributed by atoms with Crippen LogP contribution in [-0.2, 0) is 13.0 Å². The van der Waals surface area contributed by atoms with E-state index in [0.717, 1.165) is 42.3 Å². The van der Waals surface area contributed by atoms with Gasteiger partial charge in [0.1, 0.15) is 11.4 Å². The Balaban J connectivity index is 1.54. The quantitative estimate of drug-likeness (QED) is 0.728. The average molecular weight is 379 g/mol. The molecule has 1 amide bonds. The van der Waals surface area contributed by atoms with Crippen molar-refractivity contribution in [3.8, 4) is 11.4 Å². The first-order chi connectivity index (χ1) is 13.5. The molecule has 28 heavy (non-hydrogen) atoms. The van der Waals surface area contributed by atoms with E-state index in [1.807, 2.05) is 38.1 Å². The lowest BCUT2D eigenvalue weighted by Gasteiger charge is -2.09. The first-order valence-corrected chi connectivity index (χ1v) is 9.84. The Morgan fingerprint density at radius 1 is 1.14 bits per heavy atom. The van der Waals surface area contributed by atoms with Crippen LogP contribution < -0.4 is 5.32 Å². The monoisotopic (exact) mass is 379 g/mol. The first kappa shape index (κ1) is 18.4. The highest BCUT2D eigenvalue weighted by atomic mass is 16.5. The zero-order valence-electron chi connectivity index (χ0n) is 16.5. The Morgan fingerprint density at radius 2 is 1.93 bits per heavy atom. The molecule has 7 nitrogen and oxygen atoms in total. The Kier molecular flexibility index (Phi) is 4.98. The molecule has 0 unspecified atom stereocenters. The molecule has 146 valence electrons. The molecule has 0 atom stereocenters. The van der Waals surface area contributed by atoms with Gasteiger partial charge >= 0.3 is 0 Å². The summed E-state index contributed by atoms with van der Waals surface area (Å²) in [5.74, 6) is 2.46. The summed E-state index contributed by atoms with van der Waals surface area (Å²) in [5, 5.41) is 15.6. The molecule has 1 N–H and O–H groups in total. The van der Waals surface area contributed by atoms with E-state index < -0.39 is 0 Å². The molecule has 2 aromatic heterocycles. The fraction of sp³-hybridized carbons (Fsp3) is 0.429. The number of benzene rings is 1. The van der Waals surface area contributed by atoms with Gasteiger partial charge in [0, 0.05) is 30.1 Å². The molecule has 0 fully saturated rings. The van der Waals surface area contributed by atoms with Gasteiger partial charge in [-0.1, -0.05) is 25.4 Å². The maximum atomic E-state index is 12.7. The van der Waals surface area contributed by atoms with Crippen molar-refractivity contribution >= 4 is 11.6 Å². The van der Waals surface area contributed by atoms with Crippen LogP contribution >= 0.6 is 0 Å². The van der Waals surface area contributed by atoms with Crippen molar-refractivity contribution in [2.75, 3.05) is 5.32 Å². The van der Waals surface area contributed by atoms with E-state index >= 15 is 0 Å². The third-order valence-corrected chi connectivity index (χ3v) is 5.15. The normalized spacial score (nSPS) is 14.0. The smallest absolute Gasteiger partial charge is 0.261 e. The molecular formula is C21H25N5O2. The maximum Gasteiger partial charge on any atom is 0.261 e. The number of rotatable bonds is 4. The predicted molar refractivity (Wildman–Crippen MR) is 106 cm³/mol. The van der Waals surface area contributed by atoms with E-state index in [-0.39, 0.29) is 11.8 Å². The van der Waals surface area contributed by atoms with Gasteiger partial charge in [0.25, 0.3) is 5.91 Å². The number of carbonyl (C=O) groups is 1. The molecule has 1 aromatic carbocycles. The van der Waals surface area contributed by atoms with Crippen molar-refractivity contribution < 1.29 is 9.32 Å².